The molecule has 2 aromatic rings. The maximum absolute atomic E-state index is 12.1. The number of carbonyl (C=O) groups excluding carboxylic acids is 1. The molecule has 4 nitrogen and oxygen atoms in total. The van der Waals surface area contributed by atoms with E-state index in [4.69, 9.17) is 0 Å². The summed E-state index contributed by atoms with van der Waals surface area (Å²) in [7, 11) is 1.78. The predicted octanol–water partition coefficient (Wildman–Crippen LogP) is 3.45. The van der Waals surface area contributed by atoms with Gasteiger partial charge in [0.25, 0.3) is 5.91 Å². The SMILES string of the molecule is CNc1ccc(C(=O)Nc2ccc(Br)cc2C)cn1. The van der Waals surface area contributed by atoms with Gasteiger partial charge in [0.15, 0.2) is 0 Å². The molecule has 0 atom stereocenters. The molecular weight excluding hydrogens is 306 g/mol. The summed E-state index contributed by atoms with van der Waals surface area (Å²) in [5, 5.41) is 5.78. The maximum atomic E-state index is 12.1. The number of aryl methyl sites for hydroxylation is 1. The van der Waals surface area contributed by atoms with E-state index in [1.54, 1.807) is 25.4 Å². The first-order chi connectivity index (χ1) is 9.10. The summed E-state index contributed by atoms with van der Waals surface area (Å²) in [6.07, 6.45) is 1.55. The molecule has 1 aromatic heterocycles. The van der Waals surface area contributed by atoms with E-state index in [1.165, 1.54) is 0 Å². The van der Waals surface area contributed by atoms with Gasteiger partial charge in [-0.05, 0) is 42.8 Å². The molecule has 2 rings (SSSR count). The van der Waals surface area contributed by atoms with Gasteiger partial charge in [0.2, 0.25) is 0 Å². The Balaban J connectivity index is 2.15. The Bertz CT molecular complexity index is 596. The highest BCUT2D eigenvalue weighted by molar-refractivity contribution is 9.10. The lowest BCUT2D eigenvalue weighted by Crippen LogP contribution is -2.13. The van der Waals surface area contributed by atoms with E-state index in [0.29, 0.717) is 5.56 Å². The lowest BCUT2D eigenvalue weighted by atomic mass is 10.2. The Morgan fingerprint density at radius 3 is 2.63 bits per heavy atom. The topological polar surface area (TPSA) is 54.0 Å². The predicted molar refractivity (Wildman–Crippen MR) is 80.6 cm³/mol. The highest BCUT2D eigenvalue weighted by atomic mass is 79.9. The molecule has 0 aliphatic heterocycles. The summed E-state index contributed by atoms with van der Waals surface area (Å²) in [6.45, 7) is 1.95. The van der Waals surface area contributed by atoms with Crippen molar-refractivity contribution in [3.63, 3.8) is 0 Å². The molecule has 19 heavy (non-hydrogen) atoms. The van der Waals surface area contributed by atoms with Crippen LogP contribution in [0.5, 0.6) is 0 Å². The first-order valence-electron chi connectivity index (χ1n) is 5.81. The molecule has 1 heterocycles. The second-order valence-electron chi connectivity index (χ2n) is 4.10. The largest absolute Gasteiger partial charge is 0.373 e. The molecule has 0 aliphatic carbocycles. The molecule has 0 saturated carbocycles. The Labute approximate surface area is 120 Å². The van der Waals surface area contributed by atoms with Crippen molar-refractivity contribution < 1.29 is 4.79 Å². The quantitative estimate of drug-likeness (QED) is 0.911. The van der Waals surface area contributed by atoms with Crippen LogP contribution in [-0.4, -0.2) is 17.9 Å². The number of anilines is 2. The average Bonchev–Trinajstić information content (AvgIpc) is 2.42. The number of halogens is 1. The zero-order valence-corrected chi connectivity index (χ0v) is 12.3. The average molecular weight is 320 g/mol. The third-order valence-corrected chi connectivity index (χ3v) is 3.21. The minimum absolute atomic E-state index is 0.166. The summed E-state index contributed by atoms with van der Waals surface area (Å²) in [5.74, 6) is 0.567. The van der Waals surface area contributed by atoms with Crippen LogP contribution in [0.2, 0.25) is 0 Å². The minimum atomic E-state index is -0.166. The Morgan fingerprint density at radius 2 is 2.05 bits per heavy atom. The fourth-order valence-electron chi connectivity index (χ4n) is 1.64. The smallest absolute Gasteiger partial charge is 0.257 e. The van der Waals surface area contributed by atoms with Crippen molar-refractivity contribution in [3.05, 3.63) is 52.1 Å². The lowest BCUT2D eigenvalue weighted by Gasteiger charge is -2.09. The van der Waals surface area contributed by atoms with E-state index in [0.717, 1.165) is 21.5 Å². The van der Waals surface area contributed by atoms with E-state index in [9.17, 15) is 4.79 Å². The first-order valence-corrected chi connectivity index (χ1v) is 6.61. The molecule has 0 aliphatic rings. The van der Waals surface area contributed by atoms with Crippen LogP contribution in [0.25, 0.3) is 0 Å². The molecule has 2 N–H and O–H groups in total. The van der Waals surface area contributed by atoms with Crippen molar-refractivity contribution in [1.29, 1.82) is 0 Å². The Morgan fingerprint density at radius 1 is 1.26 bits per heavy atom. The fraction of sp³-hybridized carbons (Fsp3) is 0.143. The van der Waals surface area contributed by atoms with E-state index in [-0.39, 0.29) is 5.91 Å². The number of amides is 1. The molecule has 98 valence electrons. The van der Waals surface area contributed by atoms with Crippen molar-refractivity contribution in [2.75, 3.05) is 17.7 Å². The van der Waals surface area contributed by atoms with Gasteiger partial charge in [0, 0.05) is 23.4 Å². The van der Waals surface area contributed by atoms with Crippen LogP contribution < -0.4 is 10.6 Å². The number of nitrogens with one attached hydrogen (secondary N) is 2. The van der Waals surface area contributed by atoms with Gasteiger partial charge in [0.1, 0.15) is 5.82 Å². The molecule has 0 unspecified atom stereocenters. The highest BCUT2D eigenvalue weighted by Crippen LogP contribution is 2.20. The van der Waals surface area contributed by atoms with Crippen molar-refractivity contribution in [2.24, 2.45) is 0 Å². The van der Waals surface area contributed by atoms with Gasteiger partial charge >= 0.3 is 0 Å². The normalized spacial score (nSPS) is 10.1. The number of hydrogen-bond donors (Lipinski definition) is 2. The second-order valence-corrected chi connectivity index (χ2v) is 5.01. The number of pyridine rings is 1. The number of benzene rings is 1. The zero-order chi connectivity index (χ0) is 13.8. The van der Waals surface area contributed by atoms with Crippen LogP contribution >= 0.6 is 15.9 Å². The second kappa shape index (κ2) is 5.84. The van der Waals surface area contributed by atoms with Gasteiger partial charge in [0.05, 0.1) is 5.56 Å². The van der Waals surface area contributed by atoms with Gasteiger partial charge < -0.3 is 10.6 Å². The van der Waals surface area contributed by atoms with Crippen molar-refractivity contribution in [1.82, 2.24) is 4.98 Å². The van der Waals surface area contributed by atoms with E-state index in [1.807, 2.05) is 25.1 Å². The monoisotopic (exact) mass is 319 g/mol. The van der Waals surface area contributed by atoms with Crippen LogP contribution in [-0.2, 0) is 0 Å². The van der Waals surface area contributed by atoms with Crippen LogP contribution in [0.15, 0.2) is 41.0 Å². The van der Waals surface area contributed by atoms with Gasteiger partial charge in [-0.3, -0.25) is 4.79 Å². The molecule has 1 aromatic carbocycles. The molecule has 0 bridgehead atoms. The van der Waals surface area contributed by atoms with E-state index in [2.05, 4.69) is 31.5 Å². The standard InChI is InChI=1S/C14H14BrN3O/c1-9-7-11(15)4-5-12(9)18-14(19)10-3-6-13(16-2)17-8-10/h3-8H,1-2H3,(H,16,17)(H,18,19). The lowest BCUT2D eigenvalue weighted by molar-refractivity contribution is 0.102. The number of aromatic nitrogens is 1. The number of hydrogen-bond acceptors (Lipinski definition) is 3. The minimum Gasteiger partial charge on any atom is -0.373 e. The summed E-state index contributed by atoms with van der Waals surface area (Å²) >= 11 is 3.39. The van der Waals surface area contributed by atoms with Crippen LogP contribution in [0.3, 0.4) is 0 Å². The summed E-state index contributed by atoms with van der Waals surface area (Å²) < 4.78 is 0.989. The highest BCUT2D eigenvalue weighted by Gasteiger charge is 2.08. The Kier molecular flexibility index (Phi) is 4.16. The molecule has 1 amide bonds. The van der Waals surface area contributed by atoms with Gasteiger partial charge in [-0.2, -0.15) is 0 Å². The first kappa shape index (κ1) is 13.5. The number of nitrogens with zero attached hydrogens (tertiary/aromatic N) is 1. The molecule has 5 heteroatoms. The van der Waals surface area contributed by atoms with Crippen LogP contribution in [0.1, 0.15) is 15.9 Å². The van der Waals surface area contributed by atoms with Crippen LogP contribution in [0.4, 0.5) is 11.5 Å². The third-order valence-electron chi connectivity index (χ3n) is 2.72. The van der Waals surface area contributed by atoms with Crippen molar-refractivity contribution in [2.45, 2.75) is 6.92 Å². The van der Waals surface area contributed by atoms with Gasteiger partial charge in [-0.15, -0.1) is 0 Å². The molecule has 0 saturated heterocycles. The van der Waals surface area contributed by atoms with Crippen molar-refractivity contribution >= 4 is 33.3 Å². The zero-order valence-electron chi connectivity index (χ0n) is 10.7. The molecule has 0 fully saturated rings. The van der Waals surface area contributed by atoms with Crippen molar-refractivity contribution in [3.8, 4) is 0 Å². The molecule has 0 radical (unpaired) electrons. The summed E-state index contributed by atoms with van der Waals surface area (Å²) in [4.78, 5) is 16.2. The number of rotatable bonds is 3. The summed E-state index contributed by atoms with van der Waals surface area (Å²) in [6, 6.07) is 9.22. The van der Waals surface area contributed by atoms with Gasteiger partial charge in [-0.25, -0.2) is 4.98 Å². The fourth-order valence-corrected chi connectivity index (χ4v) is 2.11. The molecule has 0 spiro atoms. The third kappa shape index (κ3) is 3.32. The van der Waals surface area contributed by atoms with E-state index < -0.39 is 0 Å². The van der Waals surface area contributed by atoms with E-state index >= 15 is 0 Å². The van der Waals surface area contributed by atoms with Gasteiger partial charge in [-0.1, -0.05) is 15.9 Å². The molecular formula is C14H14BrN3O. The maximum Gasteiger partial charge on any atom is 0.257 e. The Hall–Kier alpha value is -1.88. The van der Waals surface area contributed by atoms with Crippen LogP contribution in [0, 0.1) is 6.92 Å². The number of carbonyl (C=O) groups is 1. The summed E-state index contributed by atoms with van der Waals surface area (Å²) in [5.41, 5.74) is 2.33.